The second kappa shape index (κ2) is 36.1. The first-order valence-electron chi connectivity index (χ1n) is 44.3. The van der Waals surface area contributed by atoms with E-state index in [9.17, 15) is 0 Å². The van der Waals surface area contributed by atoms with Crippen LogP contribution in [0.1, 0.15) is 285 Å². The van der Waals surface area contributed by atoms with Gasteiger partial charge < -0.3 is 4.90 Å². The molecule has 12 aromatic rings. The standard InChI is InChI=1S/C111H123N/c1-8-13-18-23-25-34-75-109(76-35-26-24-19-14-9-2)103-41-32-30-39-97(103)99-73-55-88(79-105(99)109)86-51-65-94(66-52-86)112(96-69-63-93(64-70-96)111(92-61-49-85(50-62-92)38-29-22-17-12-5)106-77-81(6)43-71-100(106)101-72-44-82(7)78-107(101)111)95-67-53-87(54-68-95)89-56-74-102-98-40-31-33-42-104(98)110(108(102)80-89,90-57-45-83(46-58-90)36-27-20-15-10-3)91-59-47-84(48-60-91)37-28-21-16-11-4/h30-33,39-74,77-80H,8-29,34-38,75-76H2,1-7H3. The molecule has 0 saturated heterocycles. The highest BCUT2D eigenvalue weighted by Gasteiger charge is 2.49. The Morgan fingerprint density at radius 2 is 0.509 bits per heavy atom. The monoisotopic (exact) mass is 1470 g/mol. The number of unbranched alkanes of at least 4 members (excludes halogenated alkanes) is 19. The molecule has 0 aromatic heterocycles. The van der Waals surface area contributed by atoms with Gasteiger partial charge in [0.15, 0.2) is 0 Å². The van der Waals surface area contributed by atoms with Gasteiger partial charge in [-0.15, -0.1) is 0 Å². The Kier molecular flexibility index (Phi) is 25.0. The molecule has 0 N–H and O–H groups in total. The summed E-state index contributed by atoms with van der Waals surface area (Å²) in [6.45, 7) is 16.1. The van der Waals surface area contributed by atoms with E-state index < -0.39 is 10.8 Å². The third kappa shape index (κ3) is 15.6. The van der Waals surface area contributed by atoms with Crippen LogP contribution in [-0.4, -0.2) is 0 Å². The molecular formula is C111H123N. The van der Waals surface area contributed by atoms with E-state index in [1.165, 1.54) is 295 Å². The van der Waals surface area contributed by atoms with Crippen LogP contribution in [0.3, 0.4) is 0 Å². The van der Waals surface area contributed by atoms with E-state index >= 15 is 0 Å². The smallest absolute Gasteiger partial charge is 0.0713 e. The van der Waals surface area contributed by atoms with Crippen LogP contribution >= 0.6 is 0 Å². The number of fused-ring (bicyclic) bond motifs is 9. The highest BCUT2D eigenvalue weighted by Crippen LogP contribution is 2.60. The lowest BCUT2D eigenvalue weighted by Gasteiger charge is -2.35. The highest BCUT2D eigenvalue weighted by atomic mass is 15.1. The Hall–Kier alpha value is -9.56. The van der Waals surface area contributed by atoms with E-state index in [0.29, 0.717) is 0 Å². The Balaban J connectivity index is 0.835. The Labute approximate surface area is 674 Å². The lowest BCUT2D eigenvalue weighted by atomic mass is 9.67. The van der Waals surface area contributed by atoms with Crippen LogP contribution < -0.4 is 4.90 Å². The summed E-state index contributed by atoms with van der Waals surface area (Å²) in [5, 5.41) is 0. The molecule has 0 spiro atoms. The fraction of sp³-hybridized carbons (Fsp3) is 0.351. The lowest BCUT2D eigenvalue weighted by Crippen LogP contribution is -2.29. The average molecular weight is 1470 g/mol. The van der Waals surface area contributed by atoms with Gasteiger partial charge in [-0.3, -0.25) is 0 Å². The first-order chi connectivity index (χ1) is 55.1. The van der Waals surface area contributed by atoms with E-state index in [-0.39, 0.29) is 5.41 Å². The average Bonchev–Trinajstić information content (AvgIpc) is 1.54. The van der Waals surface area contributed by atoms with Gasteiger partial charge in [-0.1, -0.05) is 399 Å². The Bertz CT molecular complexity index is 4960. The van der Waals surface area contributed by atoms with Crippen molar-refractivity contribution >= 4 is 17.1 Å². The van der Waals surface area contributed by atoms with Crippen molar-refractivity contribution in [3.63, 3.8) is 0 Å². The third-order valence-corrected chi connectivity index (χ3v) is 26.3. The molecule has 15 rings (SSSR count). The minimum absolute atomic E-state index is 0.00941. The van der Waals surface area contributed by atoms with Crippen LogP contribution in [0.5, 0.6) is 0 Å². The lowest BCUT2D eigenvalue weighted by molar-refractivity contribution is 0.398. The van der Waals surface area contributed by atoms with Crippen LogP contribution in [0, 0.1) is 13.8 Å². The maximum Gasteiger partial charge on any atom is 0.0713 e. The van der Waals surface area contributed by atoms with Gasteiger partial charge >= 0.3 is 0 Å². The minimum atomic E-state index is -0.530. The van der Waals surface area contributed by atoms with Crippen molar-refractivity contribution < 1.29 is 0 Å². The second-order valence-corrected chi connectivity index (χ2v) is 33.8. The van der Waals surface area contributed by atoms with Crippen molar-refractivity contribution in [1.82, 2.24) is 0 Å². The van der Waals surface area contributed by atoms with E-state index in [1.807, 2.05) is 0 Å². The maximum atomic E-state index is 2.63. The molecule has 0 heterocycles. The van der Waals surface area contributed by atoms with E-state index in [0.717, 1.165) is 36.3 Å². The Morgan fingerprint density at radius 3 is 0.920 bits per heavy atom. The fourth-order valence-electron chi connectivity index (χ4n) is 20.2. The van der Waals surface area contributed by atoms with Gasteiger partial charge in [0.2, 0.25) is 0 Å². The molecule has 0 saturated carbocycles. The van der Waals surface area contributed by atoms with Crippen LogP contribution in [0.2, 0.25) is 0 Å². The summed E-state index contributed by atoms with van der Waals surface area (Å²) in [5.74, 6) is 0. The quantitative estimate of drug-likeness (QED) is 0.0349. The number of rotatable bonds is 38. The van der Waals surface area contributed by atoms with Crippen molar-refractivity contribution in [1.29, 1.82) is 0 Å². The summed E-state index contributed by atoms with van der Waals surface area (Å²) in [5.41, 5.74) is 36.2. The molecule has 0 aliphatic heterocycles. The molecule has 0 atom stereocenters. The molecular weight excluding hydrogens is 1350 g/mol. The topological polar surface area (TPSA) is 3.24 Å². The number of hydrogen-bond acceptors (Lipinski definition) is 1. The molecule has 1 nitrogen and oxygen atoms in total. The van der Waals surface area contributed by atoms with Crippen LogP contribution in [-0.2, 0) is 35.5 Å². The molecule has 0 amide bonds. The molecule has 572 valence electrons. The van der Waals surface area contributed by atoms with Crippen molar-refractivity contribution in [2.45, 2.75) is 251 Å². The zero-order valence-electron chi connectivity index (χ0n) is 68.9. The molecule has 3 aliphatic rings. The minimum Gasteiger partial charge on any atom is -0.311 e. The maximum absolute atomic E-state index is 2.63. The van der Waals surface area contributed by atoms with Gasteiger partial charge in [0.25, 0.3) is 0 Å². The first-order valence-corrected chi connectivity index (χ1v) is 44.3. The van der Waals surface area contributed by atoms with Crippen LogP contribution in [0.4, 0.5) is 17.1 Å². The third-order valence-electron chi connectivity index (χ3n) is 26.3. The summed E-state index contributed by atoms with van der Waals surface area (Å²) >= 11 is 0. The number of nitrogens with zero attached hydrogens (tertiary/aromatic N) is 1. The summed E-state index contributed by atoms with van der Waals surface area (Å²) in [6, 6.07) is 106. The van der Waals surface area contributed by atoms with Crippen molar-refractivity contribution in [3.05, 3.63) is 350 Å². The van der Waals surface area contributed by atoms with Gasteiger partial charge in [-0.05, 0) is 242 Å². The Morgan fingerprint density at radius 1 is 0.223 bits per heavy atom. The molecule has 0 radical (unpaired) electrons. The number of anilines is 3. The number of hydrogen-bond donors (Lipinski definition) is 0. The molecule has 112 heavy (non-hydrogen) atoms. The van der Waals surface area contributed by atoms with Crippen LogP contribution in [0.25, 0.3) is 55.6 Å². The SMILES string of the molecule is CCCCCCCCC1(CCCCCCCC)c2ccccc2-c2ccc(-c3ccc(N(c4ccc(-c5ccc6c(c5)C(c5ccc(CCCCCC)cc5)(c5ccc(CCCCCC)cc5)c5ccccc5-6)cc4)c4ccc(C5(c6ccc(CCCCCC)cc6)c6cc(C)ccc6-c6ccc(C)cc65)cc4)cc3)cc21. The van der Waals surface area contributed by atoms with Crippen molar-refractivity contribution in [2.75, 3.05) is 4.90 Å². The highest BCUT2D eigenvalue weighted by molar-refractivity contribution is 5.91. The van der Waals surface area contributed by atoms with E-state index in [1.54, 1.807) is 11.1 Å². The van der Waals surface area contributed by atoms with E-state index in [2.05, 4.69) is 320 Å². The molecule has 3 aliphatic carbocycles. The predicted molar refractivity (Wildman–Crippen MR) is 482 cm³/mol. The van der Waals surface area contributed by atoms with Crippen LogP contribution in [0.15, 0.2) is 267 Å². The molecule has 0 fully saturated rings. The second-order valence-electron chi connectivity index (χ2n) is 33.8. The van der Waals surface area contributed by atoms with Gasteiger partial charge in [0.05, 0.1) is 10.8 Å². The van der Waals surface area contributed by atoms with Gasteiger partial charge in [0.1, 0.15) is 0 Å². The zero-order valence-corrected chi connectivity index (χ0v) is 68.9. The summed E-state index contributed by atoms with van der Waals surface area (Å²) in [4.78, 5) is 2.51. The number of benzene rings is 12. The molecule has 0 bridgehead atoms. The number of aryl methyl sites for hydroxylation is 5. The summed E-state index contributed by atoms with van der Waals surface area (Å²) in [6.07, 6.45) is 36.7. The fourth-order valence-corrected chi connectivity index (χ4v) is 20.2. The molecule has 1 heteroatoms. The van der Waals surface area contributed by atoms with Gasteiger partial charge in [-0.25, -0.2) is 0 Å². The summed E-state index contributed by atoms with van der Waals surface area (Å²) < 4.78 is 0. The van der Waals surface area contributed by atoms with E-state index in [4.69, 9.17) is 0 Å². The predicted octanol–water partition coefficient (Wildman–Crippen LogP) is 32.0. The largest absolute Gasteiger partial charge is 0.311 e. The van der Waals surface area contributed by atoms with Gasteiger partial charge in [0, 0.05) is 22.5 Å². The molecule has 0 unspecified atom stereocenters. The van der Waals surface area contributed by atoms with Gasteiger partial charge in [-0.2, -0.15) is 0 Å². The van der Waals surface area contributed by atoms with Crippen molar-refractivity contribution in [2.24, 2.45) is 0 Å². The first kappa shape index (κ1) is 77.7. The zero-order chi connectivity index (χ0) is 76.9. The molecule has 12 aromatic carbocycles. The normalized spacial score (nSPS) is 13.7. The summed E-state index contributed by atoms with van der Waals surface area (Å²) in [7, 11) is 0. The van der Waals surface area contributed by atoms with Crippen molar-refractivity contribution in [3.8, 4) is 55.6 Å².